The van der Waals surface area contributed by atoms with Crippen LogP contribution >= 0.6 is 0 Å². The molecule has 0 aliphatic heterocycles. The first-order valence-corrected chi connectivity index (χ1v) is 8.09. The lowest BCUT2D eigenvalue weighted by atomic mass is 10.2. The molecule has 1 N–H and O–H groups in total. The van der Waals surface area contributed by atoms with Crippen molar-refractivity contribution in [3.63, 3.8) is 0 Å². The molecule has 0 aliphatic carbocycles. The van der Waals surface area contributed by atoms with E-state index < -0.39 is 10.0 Å². The molecule has 0 atom stereocenters. The van der Waals surface area contributed by atoms with Gasteiger partial charge in [0.2, 0.25) is 10.0 Å². The quantitative estimate of drug-likeness (QED) is 0.834. The first kappa shape index (κ1) is 16.1. The fraction of sp³-hybridized carbons (Fsp3) is 0.571. The lowest BCUT2D eigenvalue weighted by molar-refractivity contribution is 0.258. The highest BCUT2D eigenvalue weighted by molar-refractivity contribution is 7.89. The number of benzene rings is 1. The van der Waals surface area contributed by atoms with Crippen LogP contribution in [0.3, 0.4) is 0 Å². The Morgan fingerprint density at radius 2 is 1.79 bits per heavy atom. The molecule has 0 unspecified atom stereocenters. The minimum absolute atomic E-state index is 0.00644. The van der Waals surface area contributed by atoms with Crippen molar-refractivity contribution in [3.8, 4) is 0 Å². The molecule has 0 saturated carbocycles. The average Bonchev–Trinajstić information content (AvgIpc) is 2.38. The van der Waals surface area contributed by atoms with Crippen molar-refractivity contribution < 1.29 is 13.5 Å². The molecule has 1 rings (SSSR count). The maximum absolute atomic E-state index is 12.5. The Labute approximate surface area is 116 Å². The molecule has 0 radical (unpaired) electrons. The molecule has 0 spiro atoms. The molecule has 0 amide bonds. The maximum Gasteiger partial charge on any atom is 0.243 e. The molecule has 0 saturated heterocycles. The van der Waals surface area contributed by atoms with Crippen LogP contribution in [0.4, 0.5) is 0 Å². The molecule has 1 aromatic carbocycles. The van der Waals surface area contributed by atoms with E-state index in [9.17, 15) is 8.42 Å². The van der Waals surface area contributed by atoms with Gasteiger partial charge in [-0.3, -0.25) is 0 Å². The molecule has 0 bridgehead atoms. The van der Waals surface area contributed by atoms with Crippen molar-refractivity contribution in [2.75, 3.05) is 13.2 Å². The fourth-order valence-electron chi connectivity index (χ4n) is 1.91. The number of aliphatic hydroxyl groups is 1. The number of aliphatic hydroxyl groups excluding tert-OH is 1. The molecule has 0 fully saturated rings. The highest BCUT2D eigenvalue weighted by atomic mass is 32.2. The number of hydrogen-bond donors (Lipinski definition) is 1. The van der Waals surface area contributed by atoms with Gasteiger partial charge in [0.25, 0.3) is 0 Å². The Balaban J connectivity index is 3.04. The fourth-order valence-corrected chi connectivity index (χ4v) is 3.59. The van der Waals surface area contributed by atoms with Gasteiger partial charge in [0, 0.05) is 19.2 Å². The van der Waals surface area contributed by atoms with Crippen LogP contribution in [0.2, 0.25) is 0 Å². The molecular weight excluding hydrogens is 262 g/mol. The van der Waals surface area contributed by atoms with Crippen LogP contribution in [0.1, 0.15) is 32.8 Å². The number of rotatable bonds is 7. The van der Waals surface area contributed by atoms with Crippen molar-refractivity contribution in [1.29, 1.82) is 0 Å². The lowest BCUT2D eigenvalue weighted by Crippen LogP contribution is -2.38. The van der Waals surface area contributed by atoms with Crippen LogP contribution < -0.4 is 0 Å². The van der Waals surface area contributed by atoms with Gasteiger partial charge in [-0.2, -0.15) is 4.31 Å². The molecule has 1 aromatic rings. The SMILES string of the molecule is CCc1ccc(S(=O)(=O)N(CCCO)C(C)C)cc1. The maximum atomic E-state index is 12.5. The Morgan fingerprint density at radius 3 is 2.21 bits per heavy atom. The van der Waals surface area contributed by atoms with Crippen molar-refractivity contribution in [2.24, 2.45) is 0 Å². The van der Waals surface area contributed by atoms with E-state index in [2.05, 4.69) is 0 Å². The summed E-state index contributed by atoms with van der Waals surface area (Å²) in [6.45, 7) is 6.05. The van der Waals surface area contributed by atoms with Crippen molar-refractivity contribution in [3.05, 3.63) is 29.8 Å². The smallest absolute Gasteiger partial charge is 0.243 e. The first-order valence-electron chi connectivity index (χ1n) is 6.65. The van der Waals surface area contributed by atoms with Crippen LogP contribution in [0.5, 0.6) is 0 Å². The summed E-state index contributed by atoms with van der Waals surface area (Å²) in [6.07, 6.45) is 1.34. The van der Waals surface area contributed by atoms with E-state index in [1.165, 1.54) is 4.31 Å². The molecule has 5 heteroatoms. The van der Waals surface area contributed by atoms with Gasteiger partial charge in [0.05, 0.1) is 4.90 Å². The Bertz CT molecular complexity index is 480. The zero-order chi connectivity index (χ0) is 14.5. The summed E-state index contributed by atoms with van der Waals surface area (Å²) in [5, 5.41) is 8.88. The van der Waals surface area contributed by atoms with Crippen LogP contribution in [-0.2, 0) is 16.4 Å². The molecule has 0 aliphatic rings. The average molecular weight is 285 g/mol. The highest BCUT2D eigenvalue weighted by Gasteiger charge is 2.26. The van der Waals surface area contributed by atoms with Crippen LogP contribution in [0.25, 0.3) is 0 Å². The van der Waals surface area contributed by atoms with E-state index >= 15 is 0 Å². The minimum Gasteiger partial charge on any atom is -0.396 e. The number of nitrogens with zero attached hydrogens (tertiary/aromatic N) is 1. The molecule has 0 aromatic heterocycles. The summed E-state index contributed by atoms with van der Waals surface area (Å²) < 4.78 is 26.5. The summed E-state index contributed by atoms with van der Waals surface area (Å²) in [5.41, 5.74) is 1.12. The van der Waals surface area contributed by atoms with Crippen LogP contribution in [0.15, 0.2) is 29.2 Å². The van der Waals surface area contributed by atoms with Gasteiger partial charge < -0.3 is 5.11 Å². The number of hydrogen-bond acceptors (Lipinski definition) is 3. The first-order chi connectivity index (χ1) is 8.93. The van der Waals surface area contributed by atoms with Gasteiger partial charge in [-0.05, 0) is 44.4 Å². The third kappa shape index (κ3) is 4.03. The second-order valence-corrected chi connectivity index (χ2v) is 6.67. The molecule has 19 heavy (non-hydrogen) atoms. The minimum atomic E-state index is -3.48. The molecular formula is C14H23NO3S. The lowest BCUT2D eigenvalue weighted by Gasteiger charge is -2.25. The number of aryl methyl sites for hydroxylation is 1. The van der Waals surface area contributed by atoms with Gasteiger partial charge >= 0.3 is 0 Å². The van der Waals surface area contributed by atoms with Crippen molar-refractivity contribution >= 4 is 10.0 Å². The van der Waals surface area contributed by atoms with E-state index in [4.69, 9.17) is 5.11 Å². The summed E-state index contributed by atoms with van der Waals surface area (Å²) in [7, 11) is -3.48. The van der Waals surface area contributed by atoms with Gasteiger partial charge in [0.1, 0.15) is 0 Å². The third-order valence-corrected chi connectivity index (χ3v) is 5.14. The van der Waals surface area contributed by atoms with Crippen LogP contribution in [0, 0.1) is 0 Å². The summed E-state index contributed by atoms with van der Waals surface area (Å²) >= 11 is 0. The Morgan fingerprint density at radius 1 is 1.21 bits per heavy atom. The van der Waals surface area contributed by atoms with Gasteiger partial charge in [-0.1, -0.05) is 19.1 Å². The molecule has 4 nitrogen and oxygen atoms in total. The summed E-state index contributed by atoms with van der Waals surface area (Å²) in [4.78, 5) is 0.316. The van der Waals surface area contributed by atoms with Gasteiger partial charge in [0.15, 0.2) is 0 Å². The highest BCUT2D eigenvalue weighted by Crippen LogP contribution is 2.19. The van der Waals surface area contributed by atoms with E-state index in [1.54, 1.807) is 12.1 Å². The predicted molar refractivity (Wildman–Crippen MR) is 76.6 cm³/mol. The van der Waals surface area contributed by atoms with E-state index in [1.807, 2.05) is 32.9 Å². The zero-order valence-electron chi connectivity index (χ0n) is 11.8. The normalized spacial score (nSPS) is 12.3. The predicted octanol–water partition coefficient (Wildman–Crippen LogP) is 2.03. The number of sulfonamides is 1. The summed E-state index contributed by atoms with van der Waals surface area (Å²) in [6, 6.07) is 6.88. The van der Waals surface area contributed by atoms with Crippen molar-refractivity contribution in [2.45, 2.75) is 44.6 Å². The zero-order valence-corrected chi connectivity index (χ0v) is 12.7. The second-order valence-electron chi connectivity index (χ2n) is 4.78. The van der Waals surface area contributed by atoms with E-state index in [0.717, 1.165) is 12.0 Å². The monoisotopic (exact) mass is 285 g/mol. The second kappa shape index (κ2) is 7.03. The van der Waals surface area contributed by atoms with Crippen molar-refractivity contribution in [1.82, 2.24) is 4.31 Å². The molecule has 0 heterocycles. The van der Waals surface area contributed by atoms with E-state index in [0.29, 0.717) is 17.9 Å². The van der Waals surface area contributed by atoms with Crippen LogP contribution in [-0.4, -0.2) is 37.0 Å². The standard InChI is InChI=1S/C14H23NO3S/c1-4-13-6-8-14(9-7-13)19(17,18)15(12(2)3)10-5-11-16/h6-9,12,16H,4-5,10-11H2,1-3H3. The largest absolute Gasteiger partial charge is 0.396 e. The third-order valence-electron chi connectivity index (χ3n) is 3.05. The topological polar surface area (TPSA) is 57.6 Å². The van der Waals surface area contributed by atoms with Gasteiger partial charge in [-0.15, -0.1) is 0 Å². The molecule has 108 valence electrons. The summed E-state index contributed by atoms with van der Waals surface area (Å²) in [5.74, 6) is 0. The van der Waals surface area contributed by atoms with Gasteiger partial charge in [-0.25, -0.2) is 8.42 Å². The van der Waals surface area contributed by atoms with E-state index in [-0.39, 0.29) is 12.6 Å². The Kier molecular flexibility index (Phi) is 5.97. The Hall–Kier alpha value is -0.910.